The Morgan fingerprint density at radius 2 is 1.82 bits per heavy atom. The van der Waals surface area contributed by atoms with E-state index in [1.54, 1.807) is 0 Å². The summed E-state index contributed by atoms with van der Waals surface area (Å²) >= 11 is 0. The van der Waals surface area contributed by atoms with E-state index < -0.39 is 40.4 Å². The molecule has 14 heteroatoms. The highest BCUT2D eigenvalue weighted by atomic mass is 19.4. The lowest BCUT2D eigenvalue weighted by Crippen LogP contribution is -2.41. The van der Waals surface area contributed by atoms with Gasteiger partial charge in [0.05, 0.1) is 16.2 Å². The Balaban J connectivity index is 1.75. The van der Waals surface area contributed by atoms with Crippen LogP contribution in [0, 0.1) is 10.1 Å². The number of carbonyl (C=O) groups is 1. The third-order valence-corrected chi connectivity index (χ3v) is 4.83. The number of likely N-dealkylation sites (tertiary alicyclic amines) is 1. The van der Waals surface area contributed by atoms with Crippen molar-refractivity contribution in [2.45, 2.75) is 32.0 Å². The molecule has 1 aliphatic rings. The second kappa shape index (κ2) is 9.67. The first-order valence-electron chi connectivity index (χ1n) is 9.59. The molecule has 1 amide bonds. The van der Waals surface area contributed by atoms with E-state index in [2.05, 4.69) is 15.1 Å². The third kappa shape index (κ3) is 5.84. The van der Waals surface area contributed by atoms with Gasteiger partial charge in [-0.05, 0) is 24.6 Å². The molecule has 0 spiro atoms. The zero-order valence-corrected chi connectivity index (χ0v) is 17.2. The number of nitrogens with zero attached hydrogens (tertiary/aromatic N) is 5. The number of amides is 1. The topological polar surface area (TPSA) is 140 Å². The highest BCUT2D eigenvalue weighted by molar-refractivity contribution is 5.98. The predicted octanol–water partition coefficient (Wildman–Crippen LogP) is 3.73. The highest BCUT2D eigenvalue weighted by Gasteiger charge is 2.31. The fourth-order valence-electron chi connectivity index (χ4n) is 3.04. The fourth-order valence-corrected chi connectivity index (χ4v) is 3.04. The number of hydrogen-bond donors (Lipinski definition) is 1. The Labute approximate surface area is 184 Å². The van der Waals surface area contributed by atoms with Gasteiger partial charge in [-0.2, -0.15) is 23.1 Å². The molecule has 2 aromatic rings. The van der Waals surface area contributed by atoms with Gasteiger partial charge in [0.15, 0.2) is 0 Å². The smallest absolute Gasteiger partial charge is 0.416 e. The molecule has 176 valence electrons. The molecule has 0 aliphatic carbocycles. The summed E-state index contributed by atoms with van der Waals surface area (Å²) in [5.74, 6) is -0.875. The average Bonchev–Trinajstić information content (AvgIpc) is 2.77. The van der Waals surface area contributed by atoms with Crippen molar-refractivity contribution in [3.8, 4) is 11.8 Å². The zero-order chi connectivity index (χ0) is 24.2. The van der Waals surface area contributed by atoms with Crippen LogP contribution in [0.15, 0.2) is 35.7 Å². The average molecular weight is 469 g/mol. The van der Waals surface area contributed by atoms with Crippen LogP contribution >= 0.6 is 0 Å². The molecule has 0 saturated carbocycles. The fraction of sp³-hybridized carbons (Fsp3) is 0.368. The molecule has 3 rings (SSSR count). The summed E-state index contributed by atoms with van der Waals surface area (Å²) in [6, 6.07) is 4.14. The van der Waals surface area contributed by atoms with Gasteiger partial charge in [0, 0.05) is 25.9 Å². The van der Waals surface area contributed by atoms with E-state index in [1.165, 1.54) is 24.0 Å². The van der Waals surface area contributed by atoms with Gasteiger partial charge >= 0.3 is 29.7 Å². The number of carboxylic acid groups (broad SMARTS) is 1. The number of halogens is 3. The maximum Gasteiger partial charge on any atom is 0.416 e. The lowest BCUT2D eigenvalue weighted by atomic mass is 10.1. The number of alkyl halides is 3. The Morgan fingerprint density at radius 1 is 1.21 bits per heavy atom. The Hall–Kier alpha value is -3.97. The monoisotopic (exact) mass is 469 g/mol. The van der Waals surface area contributed by atoms with E-state index in [9.17, 15) is 28.1 Å². The molecule has 1 aliphatic heterocycles. The lowest BCUT2D eigenvalue weighted by molar-refractivity contribution is -0.387. The zero-order valence-electron chi connectivity index (χ0n) is 17.2. The molecular weight excluding hydrogens is 451 g/mol. The maximum absolute atomic E-state index is 12.7. The van der Waals surface area contributed by atoms with Crippen LogP contribution in [-0.2, 0) is 6.18 Å². The molecule has 1 N–H and O–H groups in total. The summed E-state index contributed by atoms with van der Waals surface area (Å²) in [4.78, 5) is 35.6. The van der Waals surface area contributed by atoms with E-state index in [0.29, 0.717) is 18.4 Å². The minimum absolute atomic E-state index is 0.153. The van der Waals surface area contributed by atoms with Gasteiger partial charge in [-0.15, -0.1) is 0 Å². The van der Waals surface area contributed by atoms with Crippen molar-refractivity contribution >= 4 is 17.5 Å². The number of nitro groups is 1. The number of ether oxygens (including phenoxy) is 1. The summed E-state index contributed by atoms with van der Waals surface area (Å²) in [5.41, 5.74) is -1.05. The number of benzene rings is 1. The van der Waals surface area contributed by atoms with Crippen molar-refractivity contribution in [1.29, 1.82) is 0 Å². The molecule has 0 bridgehead atoms. The van der Waals surface area contributed by atoms with Crippen molar-refractivity contribution in [3.63, 3.8) is 0 Å². The van der Waals surface area contributed by atoms with Crippen molar-refractivity contribution in [2.24, 2.45) is 5.16 Å². The van der Waals surface area contributed by atoms with Crippen molar-refractivity contribution in [3.05, 3.63) is 51.8 Å². The maximum atomic E-state index is 12.7. The number of oxime groups is 1. The third-order valence-electron chi connectivity index (χ3n) is 4.83. The molecule has 1 fully saturated rings. The molecule has 0 radical (unpaired) electrons. The SMILES string of the molecule is C/C(=N/Oc1ncnc(OC2CCN(C(=O)O)CC2)c1[N+](=O)[O-])c1ccc(C(F)(F)F)cc1. The summed E-state index contributed by atoms with van der Waals surface area (Å²) in [6.07, 6.45) is -4.43. The van der Waals surface area contributed by atoms with Crippen molar-refractivity contribution in [2.75, 3.05) is 13.1 Å². The Kier molecular flexibility index (Phi) is 6.94. The number of aromatic nitrogens is 2. The van der Waals surface area contributed by atoms with Crippen LogP contribution in [0.25, 0.3) is 0 Å². The van der Waals surface area contributed by atoms with Crippen molar-refractivity contribution in [1.82, 2.24) is 14.9 Å². The van der Waals surface area contributed by atoms with Crippen LogP contribution < -0.4 is 9.57 Å². The number of piperidine rings is 1. The van der Waals surface area contributed by atoms with E-state index in [1.807, 2.05) is 0 Å². The van der Waals surface area contributed by atoms with Crippen LogP contribution in [0.1, 0.15) is 30.9 Å². The van der Waals surface area contributed by atoms with Gasteiger partial charge in [0.2, 0.25) is 0 Å². The molecular formula is C19H18F3N5O6. The van der Waals surface area contributed by atoms with Gasteiger partial charge in [-0.1, -0.05) is 17.3 Å². The van der Waals surface area contributed by atoms with Crippen LogP contribution in [0.3, 0.4) is 0 Å². The quantitative estimate of drug-likeness (QED) is 0.383. The summed E-state index contributed by atoms with van der Waals surface area (Å²) in [7, 11) is 0. The first kappa shape index (κ1) is 23.7. The summed E-state index contributed by atoms with van der Waals surface area (Å²) in [6.45, 7) is 1.86. The molecule has 33 heavy (non-hydrogen) atoms. The van der Waals surface area contributed by atoms with Crippen molar-refractivity contribution < 1.29 is 37.6 Å². The van der Waals surface area contributed by atoms with Crippen LogP contribution in [0.2, 0.25) is 0 Å². The summed E-state index contributed by atoms with van der Waals surface area (Å²) in [5, 5.41) is 24.3. The largest absolute Gasteiger partial charge is 0.469 e. The van der Waals surface area contributed by atoms with E-state index in [-0.39, 0.29) is 24.7 Å². The van der Waals surface area contributed by atoms with Gasteiger partial charge < -0.3 is 19.6 Å². The molecule has 1 saturated heterocycles. The Morgan fingerprint density at radius 3 is 2.36 bits per heavy atom. The molecule has 1 aromatic carbocycles. The molecule has 11 nitrogen and oxygen atoms in total. The lowest BCUT2D eigenvalue weighted by Gasteiger charge is -2.29. The first-order valence-corrected chi connectivity index (χ1v) is 9.59. The highest BCUT2D eigenvalue weighted by Crippen LogP contribution is 2.34. The first-order chi connectivity index (χ1) is 15.6. The molecule has 2 heterocycles. The second-order valence-electron chi connectivity index (χ2n) is 7.02. The van der Waals surface area contributed by atoms with Crippen LogP contribution in [0.5, 0.6) is 11.8 Å². The normalized spacial score (nSPS) is 15.3. The van der Waals surface area contributed by atoms with Gasteiger partial charge in [0.1, 0.15) is 12.4 Å². The minimum atomic E-state index is -4.48. The van der Waals surface area contributed by atoms with E-state index in [4.69, 9.17) is 14.7 Å². The van der Waals surface area contributed by atoms with Crippen LogP contribution in [0.4, 0.5) is 23.7 Å². The summed E-state index contributed by atoms with van der Waals surface area (Å²) < 4.78 is 43.7. The van der Waals surface area contributed by atoms with Gasteiger partial charge in [0.25, 0.3) is 0 Å². The van der Waals surface area contributed by atoms with Gasteiger partial charge in [-0.25, -0.2) is 4.79 Å². The van der Waals surface area contributed by atoms with Gasteiger partial charge in [-0.3, -0.25) is 10.1 Å². The Bertz CT molecular complexity index is 1050. The second-order valence-corrected chi connectivity index (χ2v) is 7.02. The van der Waals surface area contributed by atoms with E-state index in [0.717, 1.165) is 18.5 Å². The number of rotatable bonds is 6. The standard InChI is InChI=1S/C19H18F3N5O6/c1-11(12-2-4-13(5-3-12)19(20,21)22)25-33-17-15(27(30)31)16(23-10-24-17)32-14-6-8-26(9-7-14)18(28)29/h2-5,10,14H,6-9H2,1H3,(H,28,29)/b25-11-. The predicted molar refractivity (Wildman–Crippen MR) is 106 cm³/mol. The van der Waals surface area contributed by atoms with Crippen LogP contribution in [-0.4, -0.2) is 55.9 Å². The van der Waals surface area contributed by atoms with E-state index >= 15 is 0 Å². The molecule has 0 unspecified atom stereocenters. The minimum Gasteiger partial charge on any atom is -0.469 e. The molecule has 1 aromatic heterocycles. The molecule has 0 atom stereocenters. The number of hydrogen-bond acceptors (Lipinski definition) is 8.